The highest BCUT2D eigenvalue weighted by Crippen LogP contribution is 2.18. The van der Waals surface area contributed by atoms with Crippen LogP contribution in [-0.2, 0) is 9.84 Å². The van der Waals surface area contributed by atoms with E-state index in [9.17, 15) is 13.2 Å². The monoisotopic (exact) mass is 345 g/mol. The number of rotatable bonds is 4. The van der Waals surface area contributed by atoms with Crippen LogP contribution in [0.15, 0.2) is 42.6 Å². The van der Waals surface area contributed by atoms with Crippen LogP contribution in [-0.4, -0.2) is 36.9 Å². The zero-order chi connectivity index (χ0) is 17.2. The first-order chi connectivity index (χ1) is 11.4. The van der Waals surface area contributed by atoms with Crippen molar-refractivity contribution in [3.8, 4) is 0 Å². The third-order valence-electron chi connectivity index (χ3n) is 3.87. The molecule has 6 nitrogen and oxygen atoms in total. The molecule has 1 aliphatic heterocycles. The largest absolute Gasteiger partial charge is 0.355 e. The van der Waals surface area contributed by atoms with Crippen molar-refractivity contribution in [3.05, 3.63) is 53.9 Å². The second kappa shape index (κ2) is 6.60. The fourth-order valence-corrected chi connectivity index (χ4v) is 4.36. The average Bonchev–Trinajstić information content (AvgIpc) is 2.86. The van der Waals surface area contributed by atoms with Crippen LogP contribution in [0.2, 0.25) is 0 Å². The summed E-state index contributed by atoms with van der Waals surface area (Å²) in [6.45, 7) is 2.01. The Morgan fingerprint density at radius 2 is 2.00 bits per heavy atom. The molecule has 2 aromatic rings. The van der Waals surface area contributed by atoms with E-state index in [4.69, 9.17) is 0 Å². The van der Waals surface area contributed by atoms with Crippen LogP contribution >= 0.6 is 0 Å². The van der Waals surface area contributed by atoms with Gasteiger partial charge in [-0.3, -0.25) is 9.78 Å². The van der Waals surface area contributed by atoms with Crippen LogP contribution in [0.4, 0.5) is 11.4 Å². The van der Waals surface area contributed by atoms with Crippen molar-refractivity contribution in [2.75, 3.05) is 16.8 Å². The number of hydrogen-bond acceptors (Lipinski definition) is 5. The first-order valence-corrected chi connectivity index (χ1v) is 9.54. The minimum absolute atomic E-state index is 0.0000269. The lowest BCUT2D eigenvalue weighted by atomic mass is 10.2. The van der Waals surface area contributed by atoms with E-state index in [2.05, 4.69) is 15.6 Å². The molecule has 7 heteroatoms. The van der Waals surface area contributed by atoms with Crippen molar-refractivity contribution in [1.29, 1.82) is 0 Å². The van der Waals surface area contributed by atoms with Gasteiger partial charge in [0.15, 0.2) is 9.84 Å². The summed E-state index contributed by atoms with van der Waals surface area (Å²) >= 11 is 0. The van der Waals surface area contributed by atoms with Gasteiger partial charge in [0.05, 0.1) is 11.5 Å². The number of hydrogen-bond donors (Lipinski definition) is 2. The number of aromatic nitrogens is 1. The molecule has 1 aromatic heterocycles. The highest BCUT2D eigenvalue weighted by atomic mass is 32.2. The molecule has 0 saturated carbocycles. The minimum atomic E-state index is -3.02. The number of benzene rings is 1. The Morgan fingerprint density at radius 1 is 1.21 bits per heavy atom. The van der Waals surface area contributed by atoms with E-state index in [-0.39, 0.29) is 29.1 Å². The van der Waals surface area contributed by atoms with E-state index in [1.807, 2.05) is 31.2 Å². The highest BCUT2D eigenvalue weighted by Gasteiger charge is 2.29. The van der Waals surface area contributed by atoms with Gasteiger partial charge in [-0.2, -0.15) is 0 Å². The van der Waals surface area contributed by atoms with Gasteiger partial charge in [-0.15, -0.1) is 0 Å². The Bertz CT molecular complexity index is 865. The molecular formula is C17H19N3O3S. The summed E-state index contributed by atoms with van der Waals surface area (Å²) < 4.78 is 22.9. The highest BCUT2D eigenvalue weighted by molar-refractivity contribution is 7.91. The second-order valence-electron chi connectivity index (χ2n) is 6.00. The van der Waals surface area contributed by atoms with E-state index in [0.29, 0.717) is 6.42 Å². The van der Waals surface area contributed by atoms with Crippen LogP contribution in [0.25, 0.3) is 0 Å². The van der Waals surface area contributed by atoms with E-state index < -0.39 is 9.84 Å². The summed E-state index contributed by atoms with van der Waals surface area (Å²) in [6, 6.07) is 11.0. The number of aryl methyl sites for hydroxylation is 1. The van der Waals surface area contributed by atoms with E-state index >= 15 is 0 Å². The van der Waals surface area contributed by atoms with Crippen molar-refractivity contribution in [1.82, 2.24) is 10.3 Å². The summed E-state index contributed by atoms with van der Waals surface area (Å²) in [5.41, 5.74) is 3.07. The number of sulfone groups is 1. The van der Waals surface area contributed by atoms with Crippen molar-refractivity contribution >= 4 is 27.1 Å². The van der Waals surface area contributed by atoms with Gasteiger partial charge in [0, 0.05) is 23.6 Å². The predicted molar refractivity (Wildman–Crippen MR) is 93.2 cm³/mol. The molecule has 0 radical (unpaired) electrons. The van der Waals surface area contributed by atoms with Crippen LogP contribution < -0.4 is 10.6 Å². The first-order valence-electron chi connectivity index (χ1n) is 7.72. The lowest BCUT2D eigenvalue weighted by molar-refractivity contribution is 0.0936. The van der Waals surface area contributed by atoms with Gasteiger partial charge in [-0.1, -0.05) is 12.1 Å². The fourth-order valence-electron chi connectivity index (χ4n) is 2.69. The SMILES string of the molecule is Cc1cccc(Nc2ccnc(C(=O)NC3CCS(=O)(=O)C3)c2)c1. The standard InChI is InChI=1S/C17H19N3O3S/c1-12-3-2-4-13(9-12)19-14-5-7-18-16(10-14)17(21)20-15-6-8-24(22,23)11-15/h2-5,7,9-10,15H,6,8,11H2,1H3,(H,18,19)(H,20,21). The third kappa shape index (κ3) is 4.11. The Balaban J connectivity index is 1.69. The number of carbonyl (C=O) groups excluding carboxylic acids is 1. The Kier molecular flexibility index (Phi) is 4.53. The molecule has 1 aromatic carbocycles. The number of anilines is 2. The quantitative estimate of drug-likeness (QED) is 0.885. The molecule has 126 valence electrons. The summed E-state index contributed by atoms with van der Waals surface area (Å²) in [5, 5.41) is 5.97. The minimum Gasteiger partial charge on any atom is -0.355 e. The van der Waals surface area contributed by atoms with Gasteiger partial charge >= 0.3 is 0 Å². The lowest BCUT2D eigenvalue weighted by Crippen LogP contribution is -2.36. The van der Waals surface area contributed by atoms with E-state index in [1.54, 1.807) is 18.3 Å². The molecule has 0 spiro atoms. The molecule has 1 atom stereocenters. The molecule has 2 N–H and O–H groups in total. The lowest BCUT2D eigenvalue weighted by Gasteiger charge is -2.12. The second-order valence-corrected chi connectivity index (χ2v) is 8.23. The molecule has 1 aliphatic rings. The van der Waals surface area contributed by atoms with Gasteiger partial charge in [-0.05, 0) is 43.2 Å². The predicted octanol–water partition coefficient (Wildman–Crippen LogP) is 2.05. The zero-order valence-electron chi connectivity index (χ0n) is 13.3. The van der Waals surface area contributed by atoms with Crippen LogP contribution in [0.3, 0.4) is 0 Å². The molecule has 3 rings (SSSR count). The van der Waals surface area contributed by atoms with Crippen molar-refractivity contribution in [2.45, 2.75) is 19.4 Å². The molecule has 1 amide bonds. The summed E-state index contributed by atoms with van der Waals surface area (Å²) in [5.74, 6) is -0.231. The Labute approximate surface area is 141 Å². The Morgan fingerprint density at radius 3 is 2.71 bits per heavy atom. The molecule has 1 saturated heterocycles. The average molecular weight is 345 g/mol. The number of pyridine rings is 1. The number of nitrogens with one attached hydrogen (secondary N) is 2. The van der Waals surface area contributed by atoms with Crippen LogP contribution in [0.5, 0.6) is 0 Å². The fraction of sp³-hybridized carbons (Fsp3) is 0.294. The van der Waals surface area contributed by atoms with E-state index in [1.165, 1.54) is 0 Å². The molecule has 1 unspecified atom stereocenters. The van der Waals surface area contributed by atoms with E-state index in [0.717, 1.165) is 16.9 Å². The van der Waals surface area contributed by atoms with Crippen molar-refractivity contribution < 1.29 is 13.2 Å². The van der Waals surface area contributed by atoms with Crippen LogP contribution in [0.1, 0.15) is 22.5 Å². The summed E-state index contributed by atoms with van der Waals surface area (Å²) in [6.07, 6.45) is 2.01. The van der Waals surface area contributed by atoms with Crippen molar-refractivity contribution in [3.63, 3.8) is 0 Å². The van der Waals surface area contributed by atoms with Crippen molar-refractivity contribution in [2.24, 2.45) is 0 Å². The third-order valence-corrected chi connectivity index (χ3v) is 5.63. The number of carbonyl (C=O) groups is 1. The number of nitrogens with zero attached hydrogens (tertiary/aromatic N) is 1. The maximum atomic E-state index is 12.3. The summed E-state index contributed by atoms with van der Waals surface area (Å²) in [4.78, 5) is 16.3. The molecular weight excluding hydrogens is 326 g/mol. The molecule has 1 fully saturated rings. The van der Waals surface area contributed by atoms with Gasteiger partial charge in [0.25, 0.3) is 5.91 Å². The normalized spacial score (nSPS) is 19.0. The van der Waals surface area contributed by atoms with Gasteiger partial charge in [0.1, 0.15) is 5.69 Å². The molecule has 0 aliphatic carbocycles. The first kappa shape index (κ1) is 16.4. The maximum absolute atomic E-state index is 12.3. The maximum Gasteiger partial charge on any atom is 0.270 e. The molecule has 2 heterocycles. The van der Waals surface area contributed by atoms with Gasteiger partial charge < -0.3 is 10.6 Å². The van der Waals surface area contributed by atoms with Gasteiger partial charge in [-0.25, -0.2) is 8.42 Å². The number of amides is 1. The topological polar surface area (TPSA) is 88.2 Å². The Hall–Kier alpha value is -2.41. The molecule has 0 bridgehead atoms. The smallest absolute Gasteiger partial charge is 0.270 e. The zero-order valence-corrected chi connectivity index (χ0v) is 14.1. The van der Waals surface area contributed by atoms with Gasteiger partial charge in [0.2, 0.25) is 0 Å². The molecule has 24 heavy (non-hydrogen) atoms. The van der Waals surface area contributed by atoms with Crippen LogP contribution in [0, 0.1) is 6.92 Å². The summed E-state index contributed by atoms with van der Waals surface area (Å²) in [7, 11) is -3.02.